The molecule has 0 bridgehead atoms. The van der Waals surface area contributed by atoms with Gasteiger partial charge in [0.25, 0.3) is 0 Å². The van der Waals surface area contributed by atoms with E-state index in [2.05, 4.69) is 32.9 Å². The molecule has 25 heavy (non-hydrogen) atoms. The highest BCUT2D eigenvalue weighted by Gasteiger charge is 2.19. The number of rotatable bonds is 4. The van der Waals surface area contributed by atoms with Crippen molar-refractivity contribution in [1.29, 1.82) is 0 Å². The molecule has 4 aromatic heterocycles. The Bertz CT molecular complexity index is 972. The fourth-order valence-corrected chi connectivity index (χ4v) is 3.94. The molecule has 1 unspecified atom stereocenters. The SMILES string of the molecule is CCC(c1ccccn1)c1cc2c(N)nc(-c3cnco3)nc2s1.Cl. The van der Waals surface area contributed by atoms with Crippen LogP contribution in [0.1, 0.15) is 29.8 Å². The van der Waals surface area contributed by atoms with Gasteiger partial charge in [0.05, 0.1) is 11.6 Å². The summed E-state index contributed by atoms with van der Waals surface area (Å²) in [7, 11) is 0. The molecule has 4 rings (SSSR count). The van der Waals surface area contributed by atoms with Crippen LogP contribution < -0.4 is 5.73 Å². The van der Waals surface area contributed by atoms with Gasteiger partial charge in [0.2, 0.25) is 5.82 Å². The number of thiophene rings is 1. The van der Waals surface area contributed by atoms with Crippen molar-refractivity contribution in [2.45, 2.75) is 19.3 Å². The van der Waals surface area contributed by atoms with E-state index in [1.807, 2.05) is 24.4 Å². The number of nitrogens with two attached hydrogens (primary N) is 1. The second kappa shape index (κ2) is 7.16. The molecule has 0 aliphatic carbocycles. The first kappa shape index (κ1) is 17.3. The highest BCUT2D eigenvalue weighted by molar-refractivity contribution is 7.18. The Morgan fingerprint density at radius 2 is 2.16 bits per heavy atom. The summed E-state index contributed by atoms with van der Waals surface area (Å²) in [4.78, 5) is 19.3. The first-order valence-corrected chi connectivity index (χ1v) is 8.44. The van der Waals surface area contributed by atoms with Gasteiger partial charge in [-0.3, -0.25) is 4.98 Å². The molecule has 4 aromatic rings. The topological polar surface area (TPSA) is 90.7 Å². The molecule has 0 saturated heterocycles. The third-order valence-corrected chi connectivity index (χ3v) is 5.03. The number of halogens is 1. The Morgan fingerprint density at radius 3 is 2.84 bits per heavy atom. The quantitative estimate of drug-likeness (QED) is 0.573. The molecule has 2 N–H and O–H groups in total. The number of nitrogens with zero attached hydrogens (tertiary/aromatic N) is 4. The van der Waals surface area contributed by atoms with Gasteiger partial charge in [0.15, 0.2) is 12.2 Å². The molecule has 0 radical (unpaired) electrons. The zero-order valence-electron chi connectivity index (χ0n) is 13.4. The number of hydrogen-bond donors (Lipinski definition) is 1. The molecule has 6 nitrogen and oxygen atoms in total. The summed E-state index contributed by atoms with van der Waals surface area (Å²) in [5.74, 6) is 1.63. The number of aromatic nitrogens is 4. The molecule has 128 valence electrons. The molecule has 0 aliphatic rings. The van der Waals surface area contributed by atoms with Gasteiger partial charge < -0.3 is 10.2 Å². The lowest BCUT2D eigenvalue weighted by Gasteiger charge is -2.11. The van der Waals surface area contributed by atoms with Gasteiger partial charge in [-0.15, -0.1) is 23.7 Å². The number of pyridine rings is 1. The smallest absolute Gasteiger partial charge is 0.200 e. The van der Waals surface area contributed by atoms with Crippen LogP contribution in [0.3, 0.4) is 0 Å². The van der Waals surface area contributed by atoms with Crippen molar-refractivity contribution in [3.63, 3.8) is 0 Å². The van der Waals surface area contributed by atoms with E-state index in [1.54, 1.807) is 17.5 Å². The van der Waals surface area contributed by atoms with E-state index in [-0.39, 0.29) is 18.3 Å². The number of oxazole rings is 1. The van der Waals surface area contributed by atoms with Gasteiger partial charge >= 0.3 is 0 Å². The average Bonchev–Trinajstić information content (AvgIpc) is 3.26. The molecular formula is C17H16ClN5OS. The lowest BCUT2D eigenvalue weighted by Crippen LogP contribution is -1.99. The maximum absolute atomic E-state index is 6.13. The van der Waals surface area contributed by atoms with Gasteiger partial charge in [-0.1, -0.05) is 13.0 Å². The Hall–Kier alpha value is -2.51. The van der Waals surface area contributed by atoms with E-state index in [0.29, 0.717) is 17.4 Å². The predicted octanol–water partition coefficient (Wildman–Crippen LogP) is 4.29. The summed E-state index contributed by atoms with van der Waals surface area (Å²) in [6.07, 6.45) is 5.71. The van der Waals surface area contributed by atoms with Crippen molar-refractivity contribution < 1.29 is 4.42 Å². The van der Waals surface area contributed by atoms with Crippen molar-refractivity contribution in [3.8, 4) is 11.6 Å². The Morgan fingerprint density at radius 1 is 1.28 bits per heavy atom. The monoisotopic (exact) mass is 373 g/mol. The van der Waals surface area contributed by atoms with Crippen LogP contribution in [0.5, 0.6) is 0 Å². The normalized spacial score (nSPS) is 12.0. The summed E-state index contributed by atoms with van der Waals surface area (Å²) in [6.45, 7) is 2.15. The molecular weight excluding hydrogens is 358 g/mol. The number of fused-ring (bicyclic) bond motifs is 1. The molecule has 0 aliphatic heterocycles. The van der Waals surface area contributed by atoms with Crippen LogP contribution in [0, 0.1) is 0 Å². The van der Waals surface area contributed by atoms with Crippen molar-refractivity contribution in [1.82, 2.24) is 19.9 Å². The maximum Gasteiger partial charge on any atom is 0.200 e. The first-order chi connectivity index (χ1) is 11.8. The molecule has 0 saturated carbocycles. The van der Waals surface area contributed by atoms with Crippen molar-refractivity contribution >= 4 is 39.8 Å². The largest absolute Gasteiger partial charge is 0.440 e. The molecule has 0 aromatic carbocycles. The molecule has 0 fully saturated rings. The van der Waals surface area contributed by atoms with Gasteiger partial charge in [0, 0.05) is 22.7 Å². The van der Waals surface area contributed by atoms with Gasteiger partial charge in [-0.05, 0) is 24.6 Å². The summed E-state index contributed by atoms with van der Waals surface area (Å²) in [6, 6.07) is 8.05. The number of anilines is 1. The highest BCUT2D eigenvalue weighted by Crippen LogP contribution is 2.37. The van der Waals surface area contributed by atoms with Crippen LogP contribution in [0.15, 0.2) is 47.5 Å². The summed E-state index contributed by atoms with van der Waals surface area (Å²) < 4.78 is 5.27. The standard InChI is InChI=1S/C17H15N5OS.ClH/c1-2-10(12-5-3-4-6-20-12)14-7-11-15(18)21-16(22-17(11)24-14)13-8-19-9-23-13;/h3-10H,2H2,1H3,(H2,18,21,22);1H. The number of hydrogen-bond acceptors (Lipinski definition) is 7. The third kappa shape index (κ3) is 3.20. The zero-order chi connectivity index (χ0) is 16.5. The average molecular weight is 374 g/mol. The predicted molar refractivity (Wildman–Crippen MR) is 101 cm³/mol. The van der Waals surface area contributed by atoms with Crippen molar-refractivity contribution in [3.05, 3.63) is 53.6 Å². The second-order valence-corrected chi connectivity index (χ2v) is 6.44. The van der Waals surface area contributed by atoms with E-state index in [1.165, 1.54) is 11.3 Å². The lowest BCUT2D eigenvalue weighted by molar-refractivity contribution is 0.568. The van der Waals surface area contributed by atoms with Gasteiger partial charge in [0.1, 0.15) is 10.6 Å². The van der Waals surface area contributed by atoms with Crippen LogP contribution in [-0.2, 0) is 0 Å². The molecule has 8 heteroatoms. The second-order valence-electron chi connectivity index (χ2n) is 5.38. The van der Waals surface area contributed by atoms with E-state index >= 15 is 0 Å². The third-order valence-electron chi connectivity index (χ3n) is 3.89. The highest BCUT2D eigenvalue weighted by atomic mass is 35.5. The van der Waals surface area contributed by atoms with Crippen LogP contribution in [0.25, 0.3) is 21.8 Å². The maximum atomic E-state index is 6.13. The first-order valence-electron chi connectivity index (χ1n) is 7.63. The molecule has 4 heterocycles. The Kier molecular flexibility index (Phi) is 4.96. The number of nitrogen functional groups attached to an aromatic ring is 1. The fraction of sp³-hybridized carbons (Fsp3) is 0.176. The van der Waals surface area contributed by atoms with E-state index in [0.717, 1.165) is 22.3 Å². The van der Waals surface area contributed by atoms with Crippen LogP contribution >= 0.6 is 23.7 Å². The summed E-state index contributed by atoms with van der Waals surface area (Å²) in [5, 5.41) is 0.868. The Labute approximate surface area is 154 Å². The van der Waals surface area contributed by atoms with Crippen molar-refractivity contribution in [2.24, 2.45) is 0 Å². The lowest BCUT2D eigenvalue weighted by atomic mass is 9.99. The Balaban J connectivity index is 0.00000182. The molecule has 0 amide bonds. The van der Waals surface area contributed by atoms with E-state index < -0.39 is 0 Å². The van der Waals surface area contributed by atoms with E-state index in [4.69, 9.17) is 10.2 Å². The minimum Gasteiger partial charge on any atom is -0.440 e. The minimum atomic E-state index is 0. The van der Waals surface area contributed by atoms with Gasteiger partial charge in [-0.2, -0.15) is 0 Å². The van der Waals surface area contributed by atoms with Gasteiger partial charge in [-0.25, -0.2) is 15.0 Å². The van der Waals surface area contributed by atoms with Crippen LogP contribution in [0.4, 0.5) is 5.82 Å². The van der Waals surface area contributed by atoms with Crippen molar-refractivity contribution in [2.75, 3.05) is 5.73 Å². The van der Waals surface area contributed by atoms with Crippen LogP contribution in [0.2, 0.25) is 0 Å². The minimum absolute atomic E-state index is 0. The molecule has 1 atom stereocenters. The summed E-state index contributed by atoms with van der Waals surface area (Å²) in [5.41, 5.74) is 7.18. The molecule has 0 spiro atoms. The summed E-state index contributed by atoms with van der Waals surface area (Å²) >= 11 is 1.62. The van der Waals surface area contributed by atoms with E-state index in [9.17, 15) is 0 Å². The fourth-order valence-electron chi connectivity index (χ4n) is 2.71. The zero-order valence-corrected chi connectivity index (χ0v) is 15.0. The van der Waals surface area contributed by atoms with Crippen LogP contribution in [-0.4, -0.2) is 19.9 Å².